The van der Waals surface area contributed by atoms with Gasteiger partial charge >= 0.3 is 0 Å². The first-order valence-corrected chi connectivity index (χ1v) is 12.7. The highest BCUT2D eigenvalue weighted by atomic mass is 16.3. The first kappa shape index (κ1) is 21.5. The molecule has 0 spiro atoms. The van der Waals surface area contributed by atoms with Crippen molar-refractivity contribution in [3.63, 3.8) is 0 Å². The van der Waals surface area contributed by atoms with E-state index in [-0.39, 0.29) is 5.56 Å². The summed E-state index contributed by atoms with van der Waals surface area (Å²) < 4.78 is 5.35. The van der Waals surface area contributed by atoms with Gasteiger partial charge in [-0.15, -0.1) is 0 Å². The molecule has 8 nitrogen and oxygen atoms in total. The second-order valence-electron chi connectivity index (χ2n) is 10.4. The van der Waals surface area contributed by atoms with Gasteiger partial charge in [0, 0.05) is 60.3 Å². The molecule has 4 aromatic heterocycles. The summed E-state index contributed by atoms with van der Waals surface area (Å²) in [7, 11) is 1.88. The Kier molecular flexibility index (Phi) is 4.70. The molecule has 8 heteroatoms. The molecular formula is C28H28N6O2. The van der Waals surface area contributed by atoms with Crippen molar-refractivity contribution in [2.75, 3.05) is 0 Å². The van der Waals surface area contributed by atoms with Gasteiger partial charge in [-0.25, -0.2) is 0 Å². The van der Waals surface area contributed by atoms with Gasteiger partial charge < -0.3 is 9.67 Å². The number of benzene rings is 1. The Morgan fingerprint density at radius 2 is 1.92 bits per heavy atom. The van der Waals surface area contributed by atoms with Crippen molar-refractivity contribution >= 4 is 21.9 Å². The van der Waals surface area contributed by atoms with Crippen LogP contribution in [0.3, 0.4) is 0 Å². The fourth-order valence-electron chi connectivity index (χ4n) is 5.19. The molecule has 36 heavy (non-hydrogen) atoms. The summed E-state index contributed by atoms with van der Waals surface area (Å²) >= 11 is 0. The average molecular weight is 481 g/mol. The Morgan fingerprint density at radius 3 is 2.61 bits per heavy atom. The van der Waals surface area contributed by atoms with Crippen molar-refractivity contribution in [2.24, 2.45) is 13.0 Å². The summed E-state index contributed by atoms with van der Waals surface area (Å²) in [6.07, 6.45) is 9.75. The number of aliphatic hydroxyl groups excluding tert-OH is 1. The van der Waals surface area contributed by atoms with Crippen LogP contribution in [0.15, 0.2) is 53.7 Å². The molecule has 0 bridgehead atoms. The van der Waals surface area contributed by atoms with E-state index in [2.05, 4.69) is 15.7 Å². The normalized spacial score (nSPS) is 16.8. The molecule has 1 N–H and O–H groups in total. The summed E-state index contributed by atoms with van der Waals surface area (Å²) in [5, 5.41) is 20.9. The predicted octanol–water partition coefficient (Wildman–Crippen LogP) is 4.48. The van der Waals surface area contributed by atoms with Gasteiger partial charge in [0.25, 0.3) is 5.56 Å². The lowest BCUT2D eigenvalue weighted by atomic mass is 10.1. The van der Waals surface area contributed by atoms with Gasteiger partial charge in [-0.3, -0.25) is 14.5 Å². The van der Waals surface area contributed by atoms with E-state index < -0.39 is 6.10 Å². The zero-order valence-corrected chi connectivity index (χ0v) is 20.4. The Labute approximate surface area is 207 Å². The molecule has 0 radical (unpaired) electrons. The van der Waals surface area contributed by atoms with Crippen LogP contribution >= 0.6 is 0 Å². The summed E-state index contributed by atoms with van der Waals surface area (Å²) in [5.74, 6) is 1.14. The van der Waals surface area contributed by atoms with Crippen LogP contribution in [0.2, 0.25) is 0 Å². The average Bonchev–Trinajstić information content (AvgIpc) is 3.79. The maximum absolute atomic E-state index is 14.2. The zero-order chi connectivity index (χ0) is 24.6. The van der Waals surface area contributed by atoms with E-state index in [1.165, 1.54) is 30.4 Å². The molecule has 182 valence electrons. The molecule has 0 saturated heterocycles. The molecule has 1 atom stereocenters. The predicted molar refractivity (Wildman–Crippen MR) is 138 cm³/mol. The van der Waals surface area contributed by atoms with Gasteiger partial charge in [0.05, 0.1) is 28.4 Å². The number of fused-ring (bicyclic) bond motifs is 2. The summed E-state index contributed by atoms with van der Waals surface area (Å²) in [5.41, 5.74) is 5.93. The number of rotatable bonds is 6. The maximum atomic E-state index is 14.2. The van der Waals surface area contributed by atoms with Crippen LogP contribution in [-0.2, 0) is 13.6 Å². The number of pyridine rings is 1. The Bertz CT molecular complexity index is 1680. The highest BCUT2D eigenvalue weighted by Gasteiger charge is 2.28. The minimum atomic E-state index is -0.713. The lowest BCUT2D eigenvalue weighted by Gasteiger charge is -2.13. The van der Waals surface area contributed by atoms with Gasteiger partial charge in [-0.05, 0) is 62.8 Å². The van der Waals surface area contributed by atoms with E-state index in [9.17, 15) is 9.90 Å². The van der Waals surface area contributed by atoms with Crippen molar-refractivity contribution in [3.05, 3.63) is 70.5 Å². The monoisotopic (exact) mass is 480 g/mol. The molecule has 1 aromatic carbocycles. The standard InChI is InChI=1S/C28H28N6O2/c1-16(35)22-15-33(13-17-3-4-17)27-25(19-7-9-23(29-12-19)18-5-6-18)28(36)34(31-26(22)27)21-8-10-24-20(11-21)14-32(2)30-24/h7-12,14-18,35H,3-6,13H2,1-2H3/t16-/m1/s1. The number of aryl methyl sites for hydroxylation is 1. The second-order valence-corrected chi connectivity index (χ2v) is 10.4. The van der Waals surface area contributed by atoms with Crippen LogP contribution < -0.4 is 5.56 Å². The minimum absolute atomic E-state index is 0.195. The molecule has 4 heterocycles. The molecule has 0 aliphatic heterocycles. The third-order valence-corrected chi connectivity index (χ3v) is 7.44. The fourth-order valence-corrected chi connectivity index (χ4v) is 5.19. The molecule has 2 aliphatic rings. The summed E-state index contributed by atoms with van der Waals surface area (Å²) in [6, 6.07) is 9.78. The number of nitrogens with zero attached hydrogens (tertiary/aromatic N) is 6. The van der Waals surface area contributed by atoms with E-state index in [4.69, 9.17) is 10.1 Å². The van der Waals surface area contributed by atoms with E-state index in [0.29, 0.717) is 28.6 Å². The minimum Gasteiger partial charge on any atom is -0.389 e. The molecule has 7 rings (SSSR count). The maximum Gasteiger partial charge on any atom is 0.281 e. The number of aromatic nitrogens is 6. The van der Waals surface area contributed by atoms with Crippen molar-refractivity contribution in [1.82, 2.24) is 29.1 Å². The Balaban J connectivity index is 1.51. The third-order valence-electron chi connectivity index (χ3n) is 7.44. The number of hydrogen-bond acceptors (Lipinski definition) is 5. The Hall–Kier alpha value is -3.78. The summed E-state index contributed by atoms with van der Waals surface area (Å²) in [4.78, 5) is 18.9. The zero-order valence-electron chi connectivity index (χ0n) is 20.4. The van der Waals surface area contributed by atoms with Gasteiger partial charge in [-0.2, -0.15) is 14.9 Å². The van der Waals surface area contributed by atoms with E-state index in [1.807, 2.05) is 49.9 Å². The van der Waals surface area contributed by atoms with Crippen LogP contribution in [0.25, 0.3) is 38.8 Å². The van der Waals surface area contributed by atoms with Crippen LogP contribution in [0.4, 0.5) is 0 Å². The number of hydrogen-bond donors (Lipinski definition) is 1. The molecule has 0 unspecified atom stereocenters. The second kappa shape index (κ2) is 7.86. The van der Waals surface area contributed by atoms with Gasteiger partial charge in [0.15, 0.2) is 0 Å². The third kappa shape index (κ3) is 3.55. The lowest BCUT2D eigenvalue weighted by Crippen LogP contribution is -2.24. The van der Waals surface area contributed by atoms with Gasteiger partial charge in [-0.1, -0.05) is 6.07 Å². The fraction of sp³-hybridized carbons (Fsp3) is 0.357. The van der Waals surface area contributed by atoms with E-state index >= 15 is 0 Å². The van der Waals surface area contributed by atoms with Gasteiger partial charge in [0.2, 0.25) is 0 Å². The van der Waals surface area contributed by atoms with Crippen LogP contribution in [0.5, 0.6) is 0 Å². The quantitative estimate of drug-likeness (QED) is 0.387. The van der Waals surface area contributed by atoms with Crippen molar-refractivity contribution in [1.29, 1.82) is 0 Å². The highest BCUT2D eigenvalue weighted by molar-refractivity contribution is 5.94. The molecular weight excluding hydrogens is 452 g/mol. The largest absolute Gasteiger partial charge is 0.389 e. The molecule has 2 saturated carbocycles. The number of aliphatic hydroxyl groups is 1. The van der Waals surface area contributed by atoms with Crippen LogP contribution in [0, 0.1) is 5.92 Å². The molecule has 2 fully saturated rings. The summed E-state index contributed by atoms with van der Waals surface area (Å²) in [6.45, 7) is 2.57. The smallest absolute Gasteiger partial charge is 0.281 e. The molecule has 5 aromatic rings. The topological polar surface area (TPSA) is 90.8 Å². The highest BCUT2D eigenvalue weighted by Crippen LogP contribution is 2.40. The van der Waals surface area contributed by atoms with E-state index in [1.54, 1.807) is 11.6 Å². The molecule has 0 amide bonds. The lowest BCUT2D eigenvalue weighted by molar-refractivity contribution is 0.200. The van der Waals surface area contributed by atoms with Crippen LogP contribution in [0.1, 0.15) is 55.9 Å². The van der Waals surface area contributed by atoms with Crippen molar-refractivity contribution in [2.45, 2.75) is 51.2 Å². The first-order chi connectivity index (χ1) is 17.5. The van der Waals surface area contributed by atoms with Crippen molar-refractivity contribution in [3.8, 4) is 16.8 Å². The van der Waals surface area contributed by atoms with E-state index in [0.717, 1.165) is 39.8 Å². The Morgan fingerprint density at radius 1 is 1.08 bits per heavy atom. The first-order valence-electron chi connectivity index (χ1n) is 12.7. The molecule has 2 aliphatic carbocycles. The van der Waals surface area contributed by atoms with Crippen LogP contribution in [-0.4, -0.2) is 34.2 Å². The van der Waals surface area contributed by atoms with Gasteiger partial charge in [0.1, 0.15) is 5.52 Å². The van der Waals surface area contributed by atoms with Crippen molar-refractivity contribution < 1.29 is 5.11 Å². The SMILES string of the molecule is C[C@@H](O)c1cn(CC2CC2)c2c(-c3ccc(C4CC4)nc3)c(=O)n(-c3ccc4nn(C)cc4c3)nc12.